The van der Waals surface area contributed by atoms with Crippen LogP contribution in [0.4, 0.5) is 0 Å². The van der Waals surface area contributed by atoms with Gasteiger partial charge in [0.15, 0.2) is 0 Å². The van der Waals surface area contributed by atoms with Gasteiger partial charge in [-0.15, -0.1) is 0 Å². The second kappa shape index (κ2) is 5.63. The lowest BCUT2D eigenvalue weighted by molar-refractivity contribution is 0.412. The van der Waals surface area contributed by atoms with E-state index in [0.717, 1.165) is 12.8 Å². The van der Waals surface area contributed by atoms with Gasteiger partial charge in [-0.05, 0) is 44.1 Å². The Bertz CT molecular complexity index is 208. The molecule has 1 atom stereocenters. The summed E-state index contributed by atoms with van der Waals surface area (Å²) >= 11 is 1.96. The van der Waals surface area contributed by atoms with Crippen molar-refractivity contribution in [1.29, 1.82) is 5.26 Å². The van der Waals surface area contributed by atoms with Gasteiger partial charge in [-0.1, -0.05) is 6.92 Å². The van der Waals surface area contributed by atoms with Gasteiger partial charge in [0.1, 0.15) is 5.54 Å². The van der Waals surface area contributed by atoms with Gasteiger partial charge in [-0.2, -0.15) is 17.0 Å². The minimum atomic E-state index is -0.282. The standard InChI is InChI=1S/C11H20N2S/c1-3-14-8-4-7-11(2,9-12)13-10-5-6-10/h10,13H,3-8H2,1-2H3. The van der Waals surface area contributed by atoms with E-state index in [2.05, 4.69) is 18.3 Å². The fraction of sp³-hybridized carbons (Fsp3) is 0.909. The zero-order valence-corrected chi connectivity index (χ0v) is 9.99. The Morgan fingerprint density at radius 2 is 2.29 bits per heavy atom. The summed E-state index contributed by atoms with van der Waals surface area (Å²) in [5.41, 5.74) is -0.282. The number of nitrogens with one attached hydrogen (secondary N) is 1. The van der Waals surface area contributed by atoms with Crippen molar-refractivity contribution in [3.63, 3.8) is 0 Å². The monoisotopic (exact) mass is 212 g/mol. The van der Waals surface area contributed by atoms with E-state index in [1.165, 1.54) is 24.3 Å². The third-order valence-corrected chi connectivity index (χ3v) is 3.50. The van der Waals surface area contributed by atoms with Gasteiger partial charge in [-0.3, -0.25) is 5.32 Å². The molecule has 1 aliphatic rings. The van der Waals surface area contributed by atoms with E-state index in [0.29, 0.717) is 6.04 Å². The highest BCUT2D eigenvalue weighted by Gasteiger charge is 2.31. The van der Waals surface area contributed by atoms with E-state index in [-0.39, 0.29) is 5.54 Å². The molecule has 0 aromatic heterocycles. The normalized spacial score (nSPS) is 20.1. The first-order valence-corrected chi connectivity index (χ1v) is 6.62. The molecule has 1 saturated carbocycles. The summed E-state index contributed by atoms with van der Waals surface area (Å²) in [6.45, 7) is 4.21. The number of rotatable bonds is 7. The fourth-order valence-electron chi connectivity index (χ4n) is 1.51. The molecule has 1 fully saturated rings. The summed E-state index contributed by atoms with van der Waals surface area (Å²) in [5.74, 6) is 2.36. The maximum atomic E-state index is 9.10. The highest BCUT2D eigenvalue weighted by atomic mass is 32.2. The SMILES string of the molecule is CCSCCCC(C)(C#N)NC1CC1. The molecule has 1 aliphatic carbocycles. The Hall–Kier alpha value is -0.200. The Morgan fingerprint density at radius 1 is 1.57 bits per heavy atom. The molecule has 14 heavy (non-hydrogen) atoms. The predicted molar refractivity (Wildman–Crippen MR) is 62.4 cm³/mol. The lowest BCUT2D eigenvalue weighted by Gasteiger charge is -2.22. The van der Waals surface area contributed by atoms with Crippen LogP contribution in [0.15, 0.2) is 0 Å². The first-order chi connectivity index (χ1) is 6.70. The van der Waals surface area contributed by atoms with Crippen LogP contribution in [0.1, 0.15) is 39.5 Å². The van der Waals surface area contributed by atoms with Crippen molar-refractivity contribution in [3.05, 3.63) is 0 Å². The van der Waals surface area contributed by atoms with Crippen molar-refractivity contribution in [1.82, 2.24) is 5.32 Å². The van der Waals surface area contributed by atoms with Gasteiger partial charge in [0, 0.05) is 6.04 Å². The zero-order valence-electron chi connectivity index (χ0n) is 9.18. The van der Waals surface area contributed by atoms with E-state index in [9.17, 15) is 0 Å². The summed E-state index contributed by atoms with van der Waals surface area (Å²) < 4.78 is 0. The van der Waals surface area contributed by atoms with E-state index >= 15 is 0 Å². The molecular weight excluding hydrogens is 192 g/mol. The molecule has 0 aromatic carbocycles. The van der Waals surface area contributed by atoms with E-state index in [4.69, 9.17) is 5.26 Å². The third-order valence-electron chi connectivity index (χ3n) is 2.52. The minimum absolute atomic E-state index is 0.282. The molecule has 2 nitrogen and oxygen atoms in total. The van der Waals surface area contributed by atoms with Crippen LogP contribution < -0.4 is 5.32 Å². The van der Waals surface area contributed by atoms with E-state index in [1.807, 2.05) is 18.7 Å². The molecule has 1 N–H and O–H groups in total. The van der Waals surface area contributed by atoms with Gasteiger partial charge in [0.25, 0.3) is 0 Å². The van der Waals surface area contributed by atoms with E-state index in [1.54, 1.807) is 0 Å². The average Bonchev–Trinajstić information content (AvgIpc) is 2.96. The zero-order chi connectivity index (χ0) is 10.4. The van der Waals surface area contributed by atoms with Crippen LogP contribution in [0.2, 0.25) is 0 Å². The van der Waals surface area contributed by atoms with Crippen LogP contribution in [0.5, 0.6) is 0 Å². The fourth-order valence-corrected chi connectivity index (χ4v) is 2.15. The minimum Gasteiger partial charge on any atom is -0.297 e. The topological polar surface area (TPSA) is 35.8 Å². The molecule has 0 aromatic rings. The van der Waals surface area contributed by atoms with Crippen molar-refractivity contribution in [2.45, 2.75) is 51.1 Å². The second-order valence-corrected chi connectivity index (χ2v) is 5.56. The number of thioether (sulfide) groups is 1. The molecule has 1 unspecified atom stereocenters. The number of nitriles is 1. The first kappa shape index (κ1) is 11.9. The molecule has 0 saturated heterocycles. The highest BCUT2D eigenvalue weighted by Crippen LogP contribution is 2.24. The van der Waals surface area contributed by atoms with Gasteiger partial charge >= 0.3 is 0 Å². The Labute approximate surface area is 91.4 Å². The van der Waals surface area contributed by atoms with Crippen molar-refractivity contribution < 1.29 is 0 Å². The largest absolute Gasteiger partial charge is 0.297 e. The average molecular weight is 212 g/mol. The van der Waals surface area contributed by atoms with Crippen molar-refractivity contribution in [2.75, 3.05) is 11.5 Å². The number of hydrogen-bond acceptors (Lipinski definition) is 3. The summed E-state index contributed by atoms with van der Waals surface area (Å²) in [7, 11) is 0. The molecule has 0 bridgehead atoms. The summed E-state index contributed by atoms with van der Waals surface area (Å²) in [5, 5.41) is 12.5. The van der Waals surface area contributed by atoms with Crippen molar-refractivity contribution >= 4 is 11.8 Å². The Balaban J connectivity index is 2.18. The molecule has 0 radical (unpaired) electrons. The van der Waals surface area contributed by atoms with Crippen LogP contribution >= 0.6 is 11.8 Å². The first-order valence-electron chi connectivity index (χ1n) is 5.47. The summed E-state index contributed by atoms with van der Waals surface area (Å²) in [6, 6.07) is 3.03. The Morgan fingerprint density at radius 3 is 2.79 bits per heavy atom. The number of hydrogen-bond donors (Lipinski definition) is 1. The molecule has 0 spiro atoms. The molecular formula is C11H20N2S. The summed E-state index contributed by atoms with van der Waals surface area (Å²) in [6.07, 6.45) is 4.62. The van der Waals surface area contributed by atoms with Gasteiger partial charge in [-0.25, -0.2) is 0 Å². The highest BCUT2D eigenvalue weighted by molar-refractivity contribution is 7.99. The lowest BCUT2D eigenvalue weighted by Crippen LogP contribution is -2.42. The lowest BCUT2D eigenvalue weighted by atomic mass is 9.98. The van der Waals surface area contributed by atoms with Gasteiger partial charge < -0.3 is 0 Å². The van der Waals surface area contributed by atoms with Crippen molar-refractivity contribution in [2.24, 2.45) is 0 Å². The van der Waals surface area contributed by atoms with Crippen LogP contribution in [0.25, 0.3) is 0 Å². The second-order valence-electron chi connectivity index (χ2n) is 4.16. The molecule has 1 rings (SSSR count). The van der Waals surface area contributed by atoms with Gasteiger partial charge in [0.2, 0.25) is 0 Å². The van der Waals surface area contributed by atoms with Crippen LogP contribution in [-0.4, -0.2) is 23.1 Å². The van der Waals surface area contributed by atoms with Crippen molar-refractivity contribution in [3.8, 4) is 6.07 Å². The predicted octanol–water partition coefficient (Wildman–Crippen LogP) is 2.55. The molecule has 80 valence electrons. The van der Waals surface area contributed by atoms with Crippen LogP contribution in [0, 0.1) is 11.3 Å². The maximum Gasteiger partial charge on any atom is 0.104 e. The summed E-state index contributed by atoms with van der Waals surface area (Å²) in [4.78, 5) is 0. The molecule has 0 amide bonds. The smallest absolute Gasteiger partial charge is 0.104 e. The van der Waals surface area contributed by atoms with Crippen LogP contribution in [-0.2, 0) is 0 Å². The molecule has 0 aliphatic heterocycles. The van der Waals surface area contributed by atoms with Gasteiger partial charge in [0.05, 0.1) is 6.07 Å². The van der Waals surface area contributed by atoms with E-state index < -0.39 is 0 Å². The maximum absolute atomic E-state index is 9.10. The van der Waals surface area contributed by atoms with Crippen LogP contribution in [0.3, 0.4) is 0 Å². The third kappa shape index (κ3) is 4.34. The molecule has 0 heterocycles. The Kier molecular flexibility index (Phi) is 4.77. The quantitative estimate of drug-likeness (QED) is 0.659. The number of nitrogens with zero attached hydrogens (tertiary/aromatic N) is 1. The molecule has 3 heteroatoms.